The van der Waals surface area contributed by atoms with Gasteiger partial charge in [0, 0.05) is 47.4 Å². The Hall–Kier alpha value is -4.91. The Bertz CT molecular complexity index is 1330. The summed E-state index contributed by atoms with van der Waals surface area (Å²) >= 11 is 0. The number of rotatable bonds is 6. The molecule has 0 radical (unpaired) electrons. The molecule has 0 saturated heterocycles. The lowest BCUT2D eigenvalue weighted by molar-refractivity contribution is -0.108. The third-order valence-corrected chi connectivity index (χ3v) is 5.34. The Labute approximate surface area is 201 Å². The van der Waals surface area contributed by atoms with Crippen LogP contribution in [0.3, 0.4) is 0 Å². The molecule has 176 valence electrons. The highest BCUT2D eigenvalue weighted by Crippen LogP contribution is 2.26. The zero-order valence-electron chi connectivity index (χ0n) is 18.8. The number of pyridine rings is 2. The third kappa shape index (κ3) is 5.54. The molecule has 1 atom stereocenters. The number of carbonyl (C=O) groups excluding carboxylic acids is 3. The molecule has 0 saturated carbocycles. The van der Waals surface area contributed by atoms with Gasteiger partial charge in [0.1, 0.15) is 17.6 Å². The molecule has 0 aliphatic carbocycles. The van der Waals surface area contributed by atoms with Crippen molar-refractivity contribution >= 4 is 24.2 Å². The van der Waals surface area contributed by atoms with Crippen LogP contribution in [0.5, 0.6) is 5.75 Å². The minimum absolute atomic E-state index is 0.115. The Morgan fingerprint density at radius 2 is 2.09 bits per heavy atom. The number of ether oxygens (including phenoxy) is 1. The van der Waals surface area contributed by atoms with Gasteiger partial charge >= 0.3 is 6.03 Å². The lowest BCUT2D eigenvalue weighted by Crippen LogP contribution is -2.46. The summed E-state index contributed by atoms with van der Waals surface area (Å²) < 4.78 is 5.21. The molecule has 4 rings (SSSR count). The molecule has 10 heteroatoms. The quantitative estimate of drug-likeness (QED) is 0.367. The van der Waals surface area contributed by atoms with E-state index in [1.165, 1.54) is 7.11 Å². The van der Waals surface area contributed by atoms with E-state index < -0.39 is 12.1 Å². The largest absolute Gasteiger partial charge is 0.497 e. The number of nitrogens with one attached hydrogen (secondary N) is 2. The number of nitrogen functional groups attached to an aromatic ring is 1. The molecule has 10 nitrogen and oxygen atoms in total. The zero-order valence-corrected chi connectivity index (χ0v) is 18.8. The number of nitrogens with two attached hydrogens (primary N) is 1. The molecule has 3 heterocycles. The second-order valence-corrected chi connectivity index (χ2v) is 7.70. The third-order valence-electron chi connectivity index (χ3n) is 5.34. The average molecular weight is 470 g/mol. The predicted octanol–water partition coefficient (Wildman–Crippen LogP) is 1.57. The summed E-state index contributed by atoms with van der Waals surface area (Å²) in [6, 6.07) is 9.20. The van der Waals surface area contributed by atoms with Crippen LogP contribution in [-0.2, 0) is 11.3 Å². The second kappa shape index (κ2) is 10.4. The van der Waals surface area contributed by atoms with Crippen molar-refractivity contribution in [3.05, 3.63) is 71.7 Å². The Kier molecular flexibility index (Phi) is 6.88. The van der Waals surface area contributed by atoms with E-state index in [0.717, 1.165) is 16.7 Å². The summed E-state index contributed by atoms with van der Waals surface area (Å²) in [5.74, 6) is 6.78. The zero-order chi connectivity index (χ0) is 24.8. The SMILES string of the molecule is COc1ccc2c(c1)C(=O)N(C[C@@H](C#Cc1cncc(-c3ccc(N)nc3)c1)NC(=O)NC=O)C2. The van der Waals surface area contributed by atoms with Crippen molar-refractivity contribution in [2.45, 2.75) is 12.6 Å². The molecule has 1 aliphatic heterocycles. The summed E-state index contributed by atoms with van der Waals surface area (Å²) in [7, 11) is 1.54. The van der Waals surface area contributed by atoms with E-state index in [-0.39, 0.29) is 18.9 Å². The van der Waals surface area contributed by atoms with E-state index in [2.05, 4.69) is 27.1 Å². The lowest BCUT2D eigenvalue weighted by atomic mass is 10.1. The van der Waals surface area contributed by atoms with Crippen LogP contribution in [-0.4, -0.2) is 52.9 Å². The standard InChI is InChI=1S/C25H22N6O4/c1-35-21-6-3-18-13-31(24(33)22(18)9-21)14-20(30-25(34)29-15-32)5-2-16-8-19(11-27-10-16)17-4-7-23(26)28-12-17/h3-4,6-12,15,20H,13-14H2,1H3,(H2,26,28)(H2,29,30,32,34)/t20-/m1/s1. The highest BCUT2D eigenvalue weighted by molar-refractivity contribution is 5.98. The fourth-order valence-electron chi connectivity index (χ4n) is 3.63. The van der Waals surface area contributed by atoms with Gasteiger partial charge in [0.05, 0.1) is 13.7 Å². The van der Waals surface area contributed by atoms with E-state index in [0.29, 0.717) is 29.2 Å². The van der Waals surface area contributed by atoms with Gasteiger partial charge in [-0.15, -0.1) is 0 Å². The van der Waals surface area contributed by atoms with Gasteiger partial charge in [-0.05, 0) is 35.9 Å². The number of imide groups is 1. The van der Waals surface area contributed by atoms with Gasteiger partial charge in [-0.1, -0.05) is 17.9 Å². The van der Waals surface area contributed by atoms with Crippen LogP contribution in [0.1, 0.15) is 21.5 Å². The summed E-state index contributed by atoms with van der Waals surface area (Å²) in [5, 5.41) is 4.65. The van der Waals surface area contributed by atoms with Crippen LogP contribution in [0.25, 0.3) is 11.1 Å². The van der Waals surface area contributed by atoms with Crippen molar-refractivity contribution in [3.8, 4) is 28.7 Å². The first-order valence-electron chi connectivity index (χ1n) is 10.6. The van der Waals surface area contributed by atoms with Gasteiger partial charge in [-0.3, -0.25) is 19.9 Å². The smallest absolute Gasteiger partial charge is 0.322 e. The maximum atomic E-state index is 12.9. The molecular formula is C25H22N6O4. The molecule has 0 bridgehead atoms. The maximum Gasteiger partial charge on any atom is 0.322 e. The van der Waals surface area contributed by atoms with Gasteiger partial charge in [0.15, 0.2) is 0 Å². The first kappa shape index (κ1) is 23.3. The summed E-state index contributed by atoms with van der Waals surface area (Å²) in [5.41, 5.74) is 9.27. The van der Waals surface area contributed by atoms with Crippen molar-refractivity contribution in [1.29, 1.82) is 0 Å². The van der Waals surface area contributed by atoms with Crippen molar-refractivity contribution in [2.75, 3.05) is 19.4 Å². The van der Waals surface area contributed by atoms with E-state index in [9.17, 15) is 14.4 Å². The second-order valence-electron chi connectivity index (χ2n) is 7.70. The van der Waals surface area contributed by atoms with Crippen molar-refractivity contribution in [2.24, 2.45) is 0 Å². The van der Waals surface area contributed by atoms with Crippen LogP contribution in [0.15, 0.2) is 55.0 Å². The first-order valence-corrected chi connectivity index (χ1v) is 10.6. The molecule has 0 spiro atoms. The first-order chi connectivity index (χ1) is 17.0. The number of methoxy groups -OCH3 is 1. The van der Waals surface area contributed by atoms with E-state index in [1.807, 2.05) is 23.5 Å². The van der Waals surface area contributed by atoms with Crippen molar-refractivity contribution in [1.82, 2.24) is 25.5 Å². The number of carbonyl (C=O) groups is 3. The molecule has 4 amide bonds. The van der Waals surface area contributed by atoms with Crippen LogP contribution in [0.4, 0.5) is 10.6 Å². The van der Waals surface area contributed by atoms with E-state index >= 15 is 0 Å². The number of hydrogen-bond acceptors (Lipinski definition) is 7. The predicted molar refractivity (Wildman–Crippen MR) is 128 cm³/mol. The lowest BCUT2D eigenvalue weighted by Gasteiger charge is -2.21. The minimum atomic E-state index is -0.753. The van der Waals surface area contributed by atoms with Gasteiger partial charge in [-0.25, -0.2) is 9.78 Å². The molecule has 35 heavy (non-hydrogen) atoms. The fraction of sp³-hybridized carbons (Fsp3) is 0.160. The number of hydrogen-bond donors (Lipinski definition) is 3. The van der Waals surface area contributed by atoms with Crippen molar-refractivity contribution in [3.63, 3.8) is 0 Å². The Morgan fingerprint density at radius 1 is 1.23 bits per heavy atom. The summed E-state index contributed by atoms with van der Waals surface area (Å²) in [6.07, 6.45) is 5.19. The Balaban J connectivity index is 1.55. The number of amides is 4. The molecule has 0 unspecified atom stereocenters. The molecule has 2 aromatic heterocycles. The summed E-state index contributed by atoms with van der Waals surface area (Å²) in [4.78, 5) is 45.5. The molecule has 4 N–H and O–H groups in total. The van der Waals surface area contributed by atoms with Crippen LogP contribution in [0.2, 0.25) is 0 Å². The van der Waals surface area contributed by atoms with E-state index in [1.54, 1.807) is 41.7 Å². The van der Waals surface area contributed by atoms with Gasteiger partial charge in [0.25, 0.3) is 5.91 Å². The molecule has 0 fully saturated rings. The molecule has 1 aliphatic rings. The fourth-order valence-corrected chi connectivity index (χ4v) is 3.63. The van der Waals surface area contributed by atoms with Crippen LogP contribution < -0.4 is 21.1 Å². The van der Waals surface area contributed by atoms with Crippen LogP contribution >= 0.6 is 0 Å². The highest BCUT2D eigenvalue weighted by atomic mass is 16.5. The normalized spacial score (nSPS) is 12.7. The monoisotopic (exact) mass is 470 g/mol. The van der Waals surface area contributed by atoms with Gasteiger partial charge in [-0.2, -0.15) is 0 Å². The van der Waals surface area contributed by atoms with E-state index in [4.69, 9.17) is 10.5 Å². The van der Waals surface area contributed by atoms with Crippen molar-refractivity contribution < 1.29 is 19.1 Å². The maximum absolute atomic E-state index is 12.9. The highest BCUT2D eigenvalue weighted by Gasteiger charge is 2.29. The number of benzene rings is 1. The number of urea groups is 1. The molecule has 3 aromatic rings. The van der Waals surface area contributed by atoms with Gasteiger partial charge in [0.2, 0.25) is 6.41 Å². The minimum Gasteiger partial charge on any atom is -0.497 e. The molecular weight excluding hydrogens is 448 g/mol. The average Bonchev–Trinajstić information content (AvgIpc) is 3.17. The van der Waals surface area contributed by atoms with Crippen LogP contribution in [0, 0.1) is 11.8 Å². The number of fused-ring (bicyclic) bond motifs is 1. The van der Waals surface area contributed by atoms with Gasteiger partial charge < -0.3 is 20.7 Å². The molecule has 1 aromatic carbocycles. The Morgan fingerprint density at radius 3 is 2.83 bits per heavy atom. The number of nitrogens with zero attached hydrogens (tertiary/aromatic N) is 3. The number of aromatic nitrogens is 2. The number of anilines is 1. The topological polar surface area (TPSA) is 140 Å². The summed E-state index contributed by atoms with van der Waals surface area (Å²) in [6.45, 7) is 0.485.